The summed E-state index contributed by atoms with van der Waals surface area (Å²) in [7, 11) is 0. The summed E-state index contributed by atoms with van der Waals surface area (Å²) in [4.78, 5) is 0. The van der Waals surface area contributed by atoms with Gasteiger partial charge in [0.25, 0.3) is 0 Å². The Bertz CT molecular complexity index is 128. The van der Waals surface area contributed by atoms with Crippen LogP contribution in [0.5, 0.6) is 0 Å². The largest absolute Gasteiger partial charge is 0.316 e. The normalized spacial score (nSPS) is 24.0. The van der Waals surface area contributed by atoms with Gasteiger partial charge in [0.2, 0.25) is 0 Å². The highest BCUT2D eigenvalue weighted by Gasteiger charge is 2.20. The summed E-state index contributed by atoms with van der Waals surface area (Å²) in [5.74, 6) is 2.03. The molecule has 2 nitrogen and oxygen atoms in total. The molecule has 0 aromatic rings. The fourth-order valence-corrected chi connectivity index (χ4v) is 1.72. The zero-order chi connectivity index (χ0) is 8.23. The van der Waals surface area contributed by atoms with Crippen LogP contribution in [0.3, 0.4) is 0 Å². The minimum atomic E-state index is 0.922. The fraction of sp³-hybridized carbons (Fsp3) is 1.00. The van der Waals surface area contributed by atoms with E-state index >= 15 is 0 Å². The third-order valence-electron chi connectivity index (χ3n) is 2.96. The highest BCUT2D eigenvalue weighted by atomic mass is 15.0. The van der Waals surface area contributed by atoms with Gasteiger partial charge in [-0.05, 0) is 31.2 Å². The van der Waals surface area contributed by atoms with Crippen LogP contribution in [0.15, 0.2) is 0 Å². The molecule has 2 N–H and O–H groups in total. The molecule has 1 saturated carbocycles. The van der Waals surface area contributed by atoms with Gasteiger partial charge in [-0.15, -0.1) is 0 Å². The quantitative estimate of drug-likeness (QED) is 0.578. The van der Waals surface area contributed by atoms with E-state index in [0.29, 0.717) is 0 Å². The van der Waals surface area contributed by atoms with Gasteiger partial charge in [-0.25, -0.2) is 0 Å². The molecule has 2 aliphatic rings. The van der Waals surface area contributed by atoms with Crippen molar-refractivity contribution >= 4 is 0 Å². The Balaban J connectivity index is 1.35. The average molecular weight is 168 g/mol. The van der Waals surface area contributed by atoms with Crippen molar-refractivity contribution in [3.05, 3.63) is 0 Å². The molecule has 2 heteroatoms. The smallest absolute Gasteiger partial charge is 0.000394 e. The summed E-state index contributed by atoms with van der Waals surface area (Å²) in [5.41, 5.74) is 0. The van der Waals surface area contributed by atoms with Crippen molar-refractivity contribution in [1.82, 2.24) is 10.6 Å². The van der Waals surface area contributed by atoms with Crippen LogP contribution < -0.4 is 10.6 Å². The van der Waals surface area contributed by atoms with Crippen LogP contribution in [-0.2, 0) is 0 Å². The van der Waals surface area contributed by atoms with Crippen LogP contribution >= 0.6 is 0 Å². The monoisotopic (exact) mass is 168 g/mol. The van der Waals surface area contributed by atoms with Gasteiger partial charge >= 0.3 is 0 Å². The lowest BCUT2D eigenvalue weighted by Crippen LogP contribution is -2.47. The van der Waals surface area contributed by atoms with Crippen molar-refractivity contribution in [2.45, 2.75) is 25.7 Å². The predicted octanol–water partition coefficient (Wildman–Crippen LogP) is 0.986. The summed E-state index contributed by atoms with van der Waals surface area (Å²) in [6.45, 7) is 4.94. The van der Waals surface area contributed by atoms with Gasteiger partial charge in [0.1, 0.15) is 0 Å². The van der Waals surface area contributed by atoms with Crippen molar-refractivity contribution in [3.63, 3.8) is 0 Å². The van der Waals surface area contributed by atoms with Gasteiger partial charge in [0.05, 0.1) is 0 Å². The molecule has 2 fully saturated rings. The summed E-state index contributed by atoms with van der Waals surface area (Å²) >= 11 is 0. The molecule has 1 aliphatic carbocycles. The Kier molecular flexibility index (Phi) is 3.01. The molecule has 0 aromatic heterocycles. The van der Waals surface area contributed by atoms with Crippen LogP contribution in [-0.4, -0.2) is 26.2 Å². The van der Waals surface area contributed by atoms with Gasteiger partial charge in [-0.2, -0.15) is 0 Å². The lowest BCUT2D eigenvalue weighted by molar-refractivity contribution is 0.330. The molecule has 0 bridgehead atoms. The Morgan fingerprint density at radius 3 is 2.58 bits per heavy atom. The molecular formula is C10H20N2. The maximum absolute atomic E-state index is 3.53. The Morgan fingerprint density at radius 1 is 1.17 bits per heavy atom. The molecule has 12 heavy (non-hydrogen) atoms. The van der Waals surface area contributed by atoms with E-state index in [1.807, 2.05) is 0 Å². The van der Waals surface area contributed by atoms with Crippen LogP contribution in [0, 0.1) is 11.8 Å². The van der Waals surface area contributed by atoms with Crippen molar-refractivity contribution in [1.29, 1.82) is 0 Å². The van der Waals surface area contributed by atoms with Crippen molar-refractivity contribution in [2.24, 2.45) is 11.8 Å². The van der Waals surface area contributed by atoms with E-state index in [0.717, 1.165) is 11.8 Å². The topological polar surface area (TPSA) is 24.1 Å². The van der Waals surface area contributed by atoms with Crippen LogP contribution in [0.25, 0.3) is 0 Å². The van der Waals surface area contributed by atoms with Gasteiger partial charge in [-0.1, -0.05) is 12.8 Å². The maximum atomic E-state index is 3.53. The second-order valence-electron chi connectivity index (χ2n) is 4.31. The molecule has 0 aromatic carbocycles. The molecule has 1 saturated heterocycles. The first-order chi connectivity index (χ1) is 5.95. The third-order valence-corrected chi connectivity index (χ3v) is 2.96. The van der Waals surface area contributed by atoms with Crippen molar-refractivity contribution in [2.75, 3.05) is 26.2 Å². The molecule has 70 valence electrons. The van der Waals surface area contributed by atoms with E-state index in [-0.39, 0.29) is 0 Å². The lowest BCUT2D eigenvalue weighted by atomic mass is 10.0. The Morgan fingerprint density at radius 2 is 2.00 bits per heavy atom. The van der Waals surface area contributed by atoms with Crippen molar-refractivity contribution < 1.29 is 0 Å². The molecule has 2 rings (SSSR count). The molecule has 0 atom stereocenters. The minimum absolute atomic E-state index is 0.922. The first kappa shape index (κ1) is 8.52. The number of hydrogen-bond acceptors (Lipinski definition) is 2. The molecular weight excluding hydrogens is 148 g/mol. The summed E-state index contributed by atoms with van der Waals surface area (Å²) in [6.07, 6.45) is 5.87. The van der Waals surface area contributed by atoms with Gasteiger partial charge in [0.15, 0.2) is 0 Å². The van der Waals surface area contributed by atoms with Crippen LogP contribution in [0.1, 0.15) is 25.7 Å². The second-order valence-corrected chi connectivity index (χ2v) is 4.31. The van der Waals surface area contributed by atoms with E-state index < -0.39 is 0 Å². The summed E-state index contributed by atoms with van der Waals surface area (Å²) < 4.78 is 0. The maximum Gasteiger partial charge on any atom is 0.000394 e. The first-order valence-corrected chi connectivity index (χ1v) is 5.36. The van der Waals surface area contributed by atoms with E-state index in [9.17, 15) is 0 Å². The van der Waals surface area contributed by atoms with Gasteiger partial charge < -0.3 is 10.6 Å². The van der Waals surface area contributed by atoms with Gasteiger partial charge in [0, 0.05) is 19.6 Å². The number of rotatable bonds is 6. The van der Waals surface area contributed by atoms with Crippen LogP contribution in [0.2, 0.25) is 0 Å². The highest BCUT2D eigenvalue weighted by molar-refractivity contribution is 4.77. The predicted molar refractivity (Wildman–Crippen MR) is 51.2 cm³/mol. The SMILES string of the molecule is C(CNCC1CNC1)CC1CC1. The standard InChI is InChI=1S/C10H20N2/c1(2-9-3-4-9)5-11-6-10-7-12-8-10/h9-12H,1-8H2. The molecule has 0 radical (unpaired) electrons. The molecule has 0 amide bonds. The van der Waals surface area contributed by atoms with E-state index in [1.54, 1.807) is 0 Å². The molecule has 0 spiro atoms. The van der Waals surface area contributed by atoms with E-state index in [4.69, 9.17) is 0 Å². The molecule has 1 aliphatic heterocycles. The summed E-state index contributed by atoms with van der Waals surface area (Å²) in [5, 5.41) is 6.82. The van der Waals surface area contributed by atoms with E-state index in [1.165, 1.54) is 51.9 Å². The van der Waals surface area contributed by atoms with E-state index in [2.05, 4.69) is 10.6 Å². The van der Waals surface area contributed by atoms with Crippen molar-refractivity contribution in [3.8, 4) is 0 Å². The zero-order valence-corrected chi connectivity index (χ0v) is 7.81. The summed E-state index contributed by atoms with van der Waals surface area (Å²) in [6, 6.07) is 0. The second kappa shape index (κ2) is 4.24. The highest BCUT2D eigenvalue weighted by Crippen LogP contribution is 2.33. The zero-order valence-electron chi connectivity index (χ0n) is 7.81. The fourth-order valence-electron chi connectivity index (χ4n) is 1.72. The van der Waals surface area contributed by atoms with Crippen LogP contribution in [0.4, 0.5) is 0 Å². The Labute approximate surface area is 75.1 Å². The number of hydrogen-bond donors (Lipinski definition) is 2. The lowest BCUT2D eigenvalue weighted by Gasteiger charge is -2.27. The average Bonchev–Trinajstić information content (AvgIpc) is 2.76. The number of nitrogens with one attached hydrogen (secondary N) is 2. The third kappa shape index (κ3) is 2.76. The minimum Gasteiger partial charge on any atom is -0.316 e. The Hall–Kier alpha value is -0.0800. The van der Waals surface area contributed by atoms with Gasteiger partial charge in [-0.3, -0.25) is 0 Å². The molecule has 1 heterocycles. The molecule has 0 unspecified atom stereocenters. The first-order valence-electron chi connectivity index (χ1n) is 5.36.